The molecule has 0 fully saturated rings. The smallest absolute Gasteiger partial charge is 0.371 e. The lowest BCUT2D eigenvalue weighted by atomic mass is 10.2. The average Bonchev–Trinajstić information content (AvgIpc) is 3.06. The second-order valence-electron chi connectivity index (χ2n) is 4.10. The fourth-order valence-electron chi connectivity index (χ4n) is 1.81. The highest BCUT2D eigenvalue weighted by Gasteiger charge is 2.15. The van der Waals surface area contributed by atoms with E-state index in [4.69, 9.17) is 32.7 Å². The number of nitrogens with zero attached hydrogens (tertiary/aromatic N) is 2. The summed E-state index contributed by atoms with van der Waals surface area (Å²) in [6, 6.07) is 4.56. The molecule has 2 N–H and O–H groups in total. The van der Waals surface area contributed by atoms with Gasteiger partial charge in [0.1, 0.15) is 16.8 Å². The first-order chi connectivity index (χ1) is 10.1. The van der Waals surface area contributed by atoms with Gasteiger partial charge in [0.2, 0.25) is 5.76 Å². The average molecular weight is 344 g/mol. The van der Waals surface area contributed by atoms with E-state index in [-0.39, 0.29) is 12.3 Å². The third kappa shape index (κ3) is 2.67. The summed E-state index contributed by atoms with van der Waals surface area (Å²) in [5.41, 5.74) is 1.72. The number of fused-ring (bicyclic) bond motifs is 1. The molecule has 0 amide bonds. The molecule has 6 nitrogen and oxygen atoms in total. The van der Waals surface area contributed by atoms with Crippen molar-refractivity contribution in [1.29, 1.82) is 0 Å². The van der Waals surface area contributed by atoms with Crippen LogP contribution in [-0.2, 0) is 6.54 Å². The molecule has 0 radical (unpaired) electrons. The molecule has 0 saturated heterocycles. The number of carboxylic acid groups (broad SMARTS) is 1. The second-order valence-corrected chi connectivity index (χ2v) is 5.44. The number of nitrogens with one attached hydrogen (secondary N) is 1. The van der Waals surface area contributed by atoms with Crippen molar-refractivity contribution in [2.75, 3.05) is 5.32 Å². The number of carboxylic acids is 1. The van der Waals surface area contributed by atoms with Crippen LogP contribution in [0.15, 0.2) is 22.6 Å². The van der Waals surface area contributed by atoms with Gasteiger partial charge in [-0.2, -0.15) is 8.75 Å². The lowest BCUT2D eigenvalue weighted by molar-refractivity contribution is 0.0660. The van der Waals surface area contributed by atoms with Crippen molar-refractivity contribution in [1.82, 2.24) is 8.75 Å². The number of rotatable bonds is 4. The fraction of sp³-hybridized carbons (Fsp3) is 0.0833. The molecular weight excluding hydrogens is 337 g/mol. The predicted molar refractivity (Wildman–Crippen MR) is 80.4 cm³/mol. The van der Waals surface area contributed by atoms with Crippen LogP contribution in [-0.4, -0.2) is 19.8 Å². The topological polar surface area (TPSA) is 88.2 Å². The summed E-state index contributed by atoms with van der Waals surface area (Å²) in [5.74, 6) is -0.763. The molecule has 108 valence electrons. The van der Waals surface area contributed by atoms with Crippen molar-refractivity contribution >= 4 is 57.6 Å². The molecule has 0 aliphatic rings. The molecular formula is C12H7Cl2N3O3S. The van der Waals surface area contributed by atoms with Gasteiger partial charge in [0, 0.05) is 0 Å². The highest BCUT2D eigenvalue weighted by molar-refractivity contribution is 7.00. The fourth-order valence-corrected chi connectivity index (χ4v) is 2.98. The number of benzene rings is 1. The van der Waals surface area contributed by atoms with E-state index < -0.39 is 5.97 Å². The molecule has 2 heterocycles. The molecule has 0 bridgehead atoms. The van der Waals surface area contributed by atoms with E-state index in [9.17, 15) is 4.79 Å². The Morgan fingerprint density at radius 1 is 1.29 bits per heavy atom. The Hall–Kier alpha value is -1.83. The Labute approximate surface area is 132 Å². The van der Waals surface area contributed by atoms with E-state index in [1.54, 1.807) is 12.1 Å². The lowest BCUT2D eigenvalue weighted by Gasteiger charge is -2.08. The van der Waals surface area contributed by atoms with Crippen molar-refractivity contribution in [2.24, 2.45) is 0 Å². The summed E-state index contributed by atoms with van der Waals surface area (Å²) >= 11 is 13.2. The molecule has 3 rings (SSSR count). The monoisotopic (exact) mass is 343 g/mol. The van der Waals surface area contributed by atoms with E-state index >= 15 is 0 Å². The Morgan fingerprint density at radius 2 is 2.05 bits per heavy atom. The maximum atomic E-state index is 10.8. The first kappa shape index (κ1) is 14.1. The van der Waals surface area contributed by atoms with Gasteiger partial charge in [-0.05, 0) is 18.2 Å². The summed E-state index contributed by atoms with van der Waals surface area (Å²) in [7, 11) is 0. The number of aromatic nitrogens is 2. The maximum absolute atomic E-state index is 10.8. The molecule has 0 atom stereocenters. The Kier molecular flexibility index (Phi) is 3.71. The van der Waals surface area contributed by atoms with Gasteiger partial charge in [0.25, 0.3) is 0 Å². The van der Waals surface area contributed by atoms with Crippen molar-refractivity contribution in [3.05, 3.63) is 39.8 Å². The van der Waals surface area contributed by atoms with Crippen LogP contribution in [0.1, 0.15) is 16.3 Å². The number of hydrogen-bond acceptors (Lipinski definition) is 6. The normalized spacial score (nSPS) is 11.0. The van der Waals surface area contributed by atoms with E-state index in [2.05, 4.69) is 14.1 Å². The molecule has 0 saturated carbocycles. The highest BCUT2D eigenvalue weighted by atomic mass is 35.5. The largest absolute Gasteiger partial charge is 0.475 e. The number of halogens is 2. The zero-order valence-electron chi connectivity index (χ0n) is 10.3. The molecule has 3 aromatic rings. The van der Waals surface area contributed by atoms with Crippen LogP contribution in [0, 0.1) is 0 Å². The van der Waals surface area contributed by atoms with Crippen molar-refractivity contribution in [2.45, 2.75) is 6.54 Å². The summed E-state index contributed by atoms with van der Waals surface area (Å²) in [6.07, 6.45) is 0. The molecule has 2 aromatic heterocycles. The van der Waals surface area contributed by atoms with Gasteiger partial charge < -0.3 is 14.8 Å². The number of furan rings is 1. The molecule has 1 aromatic carbocycles. The van der Waals surface area contributed by atoms with Crippen LogP contribution >= 0.6 is 34.9 Å². The number of hydrogen-bond donors (Lipinski definition) is 2. The number of anilines is 1. The SMILES string of the molecule is O=C(O)c1ccc(CNc2c(Cl)cc(Cl)c3nsnc23)o1. The van der Waals surface area contributed by atoms with Crippen LogP contribution in [0.2, 0.25) is 10.0 Å². The van der Waals surface area contributed by atoms with Gasteiger partial charge in [-0.1, -0.05) is 23.2 Å². The van der Waals surface area contributed by atoms with Gasteiger partial charge in [-0.3, -0.25) is 0 Å². The molecule has 9 heteroatoms. The van der Waals surface area contributed by atoms with Gasteiger partial charge in [-0.15, -0.1) is 0 Å². The number of aromatic carboxylic acids is 1. The standard InChI is InChI=1S/C12H7Cl2N3O3S/c13-6-3-7(14)10-11(17-21-16-10)9(6)15-4-5-1-2-8(20-5)12(18)19/h1-3,15H,4H2,(H,18,19). The zero-order valence-corrected chi connectivity index (χ0v) is 12.6. The van der Waals surface area contributed by atoms with E-state index in [1.807, 2.05) is 0 Å². The summed E-state index contributed by atoms with van der Waals surface area (Å²) < 4.78 is 13.4. The first-order valence-corrected chi connectivity index (χ1v) is 7.21. The third-order valence-electron chi connectivity index (χ3n) is 2.76. The van der Waals surface area contributed by atoms with E-state index in [0.717, 1.165) is 11.7 Å². The zero-order chi connectivity index (χ0) is 15.0. The van der Waals surface area contributed by atoms with E-state index in [1.165, 1.54) is 6.07 Å². The minimum Gasteiger partial charge on any atom is -0.475 e. The van der Waals surface area contributed by atoms with Crippen molar-refractivity contribution in [3.63, 3.8) is 0 Å². The molecule has 0 aliphatic carbocycles. The van der Waals surface area contributed by atoms with Gasteiger partial charge >= 0.3 is 5.97 Å². The van der Waals surface area contributed by atoms with E-state index in [0.29, 0.717) is 32.5 Å². The van der Waals surface area contributed by atoms with Gasteiger partial charge in [0.05, 0.1) is 34.0 Å². The maximum Gasteiger partial charge on any atom is 0.371 e. The molecule has 0 spiro atoms. The molecule has 0 unspecified atom stereocenters. The van der Waals surface area contributed by atoms with Crippen LogP contribution < -0.4 is 5.32 Å². The lowest BCUT2D eigenvalue weighted by Crippen LogP contribution is -2.00. The van der Waals surface area contributed by atoms with Crippen LogP contribution in [0.25, 0.3) is 11.0 Å². The van der Waals surface area contributed by atoms with Crippen molar-refractivity contribution < 1.29 is 14.3 Å². The summed E-state index contributed by atoms with van der Waals surface area (Å²) in [5, 5.41) is 12.7. The molecule has 21 heavy (non-hydrogen) atoms. The third-order valence-corrected chi connectivity index (χ3v) is 3.87. The summed E-state index contributed by atoms with van der Waals surface area (Å²) in [4.78, 5) is 10.8. The second kappa shape index (κ2) is 5.51. The first-order valence-electron chi connectivity index (χ1n) is 5.72. The van der Waals surface area contributed by atoms with Gasteiger partial charge in [0.15, 0.2) is 0 Å². The predicted octanol–water partition coefficient (Wildman–Crippen LogP) is 3.90. The minimum atomic E-state index is -1.11. The minimum absolute atomic E-state index is 0.116. The van der Waals surface area contributed by atoms with Crippen LogP contribution in [0.4, 0.5) is 5.69 Å². The Balaban J connectivity index is 1.88. The quantitative estimate of drug-likeness (QED) is 0.746. The van der Waals surface area contributed by atoms with Gasteiger partial charge in [-0.25, -0.2) is 4.79 Å². The summed E-state index contributed by atoms with van der Waals surface area (Å²) in [6.45, 7) is 0.265. The Bertz CT molecular complexity index is 830. The number of carbonyl (C=O) groups is 1. The highest BCUT2D eigenvalue weighted by Crippen LogP contribution is 2.35. The van der Waals surface area contributed by atoms with Crippen molar-refractivity contribution in [3.8, 4) is 0 Å². The van der Waals surface area contributed by atoms with Crippen LogP contribution in [0.3, 0.4) is 0 Å². The van der Waals surface area contributed by atoms with Crippen LogP contribution in [0.5, 0.6) is 0 Å². The molecule has 0 aliphatic heterocycles. The Morgan fingerprint density at radius 3 is 2.76 bits per heavy atom.